The first-order chi connectivity index (χ1) is 9.18. The molecule has 0 fully saturated rings. The van der Waals surface area contributed by atoms with Gasteiger partial charge in [-0.25, -0.2) is 0 Å². The Morgan fingerprint density at radius 3 is 2.58 bits per heavy atom. The van der Waals surface area contributed by atoms with Crippen LogP contribution in [0.3, 0.4) is 0 Å². The fourth-order valence-electron chi connectivity index (χ4n) is 2.09. The fourth-order valence-corrected chi connectivity index (χ4v) is 5.81. The molecule has 3 rings (SSSR count). The van der Waals surface area contributed by atoms with E-state index in [-0.39, 0.29) is 4.83 Å². The molecule has 1 heterocycles. The molecular formula is C15H9Br2IS. The van der Waals surface area contributed by atoms with Crippen molar-refractivity contribution in [3.05, 3.63) is 67.0 Å². The topological polar surface area (TPSA) is 0 Å². The molecule has 0 N–H and O–H groups in total. The lowest BCUT2D eigenvalue weighted by Gasteiger charge is -2.11. The smallest absolute Gasteiger partial charge is 0.0669 e. The van der Waals surface area contributed by atoms with Crippen molar-refractivity contribution in [2.24, 2.45) is 0 Å². The molecule has 1 aromatic heterocycles. The number of hydrogen-bond donors (Lipinski definition) is 0. The average molecular weight is 508 g/mol. The number of rotatable bonds is 2. The van der Waals surface area contributed by atoms with E-state index in [1.807, 2.05) is 0 Å². The van der Waals surface area contributed by atoms with E-state index < -0.39 is 0 Å². The van der Waals surface area contributed by atoms with Crippen molar-refractivity contribution in [3.8, 4) is 0 Å². The third-order valence-corrected chi connectivity index (χ3v) is 6.97. The molecule has 2 aromatic carbocycles. The summed E-state index contributed by atoms with van der Waals surface area (Å²) >= 11 is 11.7. The second-order valence-electron chi connectivity index (χ2n) is 4.19. The molecule has 0 bridgehead atoms. The van der Waals surface area contributed by atoms with Crippen molar-refractivity contribution in [1.82, 2.24) is 0 Å². The van der Waals surface area contributed by atoms with Crippen LogP contribution in [0.4, 0.5) is 0 Å². The molecule has 1 atom stereocenters. The standard InChI is InChI=1S/C15H9Br2IS/c16-12-6-3-5-9-11(8-19-15(9)12)14(17)10-4-1-2-7-13(10)18/h1-8,14H. The molecule has 3 aromatic rings. The molecule has 0 aliphatic rings. The van der Waals surface area contributed by atoms with Gasteiger partial charge in [-0.15, -0.1) is 11.3 Å². The van der Waals surface area contributed by atoms with Gasteiger partial charge in [0, 0.05) is 12.7 Å². The minimum atomic E-state index is 0.239. The summed E-state index contributed by atoms with van der Waals surface area (Å²) in [6.45, 7) is 0. The van der Waals surface area contributed by atoms with Gasteiger partial charge in [0.05, 0.1) is 4.83 Å². The maximum absolute atomic E-state index is 3.86. The van der Waals surface area contributed by atoms with Crippen molar-refractivity contribution in [2.75, 3.05) is 0 Å². The van der Waals surface area contributed by atoms with Crippen molar-refractivity contribution >= 4 is 75.9 Å². The van der Waals surface area contributed by atoms with Gasteiger partial charge in [-0.1, -0.05) is 46.3 Å². The van der Waals surface area contributed by atoms with E-state index in [2.05, 4.69) is 102 Å². The maximum atomic E-state index is 3.86. The summed E-state index contributed by atoms with van der Waals surface area (Å²) in [7, 11) is 0. The van der Waals surface area contributed by atoms with Gasteiger partial charge in [0.2, 0.25) is 0 Å². The van der Waals surface area contributed by atoms with Crippen molar-refractivity contribution in [2.45, 2.75) is 4.83 Å². The number of alkyl halides is 1. The molecule has 0 saturated carbocycles. The van der Waals surface area contributed by atoms with Crippen LogP contribution in [0.2, 0.25) is 0 Å². The monoisotopic (exact) mass is 506 g/mol. The van der Waals surface area contributed by atoms with Crippen LogP contribution < -0.4 is 0 Å². The summed E-state index contributed by atoms with van der Waals surface area (Å²) in [4.78, 5) is 0.239. The molecule has 0 aliphatic heterocycles. The van der Waals surface area contributed by atoms with E-state index in [1.165, 1.54) is 29.3 Å². The van der Waals surface area contributed by atoms with Gasteiger partial charge in [-0.05, 0) is 72.5 Å². The molecule has 0 saturated heterocycles. The summed E-state index contributed by atoms with van der Waals surface area (Å²) in [5.74, 6) is 0. The lowest BCUT2D eigenvalue weighted by atomic mass is 10.0. The van der Waals surface area contributed by atoms with E-state index in [4.69, 9.17) is 0 Å². The van der Waals surface area contributed by atoms with Crippen molar-refractivity contribution in [1.29, 1.82) is 0 Å². The van der Waals surface area contributed by atoms with E-state index in [0.29, 0.717) is 0 Å². The van der Waals surface area contributed by atoms with Crippen LogP contribution in [-0.4, -0.2) is 0 Å². The molecule has 4 heteroatoms. The maximum Gasteiger partial charge on any atom is 0.0669 e. The lowest BCUT2D eigenvalue weighted by molar-refractivity contribution is 1.19. The number of fused-ring (bicyclic) bond motifs is 1. The molecule has 0 nitrogen and oxygen atoms in total. The molecule has 0 radical (unpaired) electrons. The Kier molecular flexibility index (Phi) is 4.31. The van der Waals surface area contributed by atoms with Crippen LogP contribution >= 0.6 is 65.8 Å². The predicted molar refractivity (Wildman–Crippen MR) is 99.5 cm³/mol. The second-order valence-corrected chi connectivity index (χ2v) is 8.00. The van der Waals surface area contributed by atoms with E-state index in [1.54, 1.807) is 11.3 Å². The zero-order chi connectivity index (χ0) is 13.4. The highest BCUT2D eigenvalue weighted by molar-refractivity contribution is 14.1. The van der Waals surface area contributed by atoms with Crippen molar-refractivity contribution in [3.63, 3.8) is 0 Å². The molecule has 1 unspecified atom stereocenters. The Bertz CT molecular complexity index is 736. The van der Waals surface area contributed by atoms with Gasteiger partial charge >= 0.3 is 0 Å². The van der Waals surface area contributed by atoms with Crippen LogP contribution in [0, 0.1) is 3.57 Å². The quantitative estimate of drug-likeness (QED) is 0.266. The van der Waals surface area contributed by atoms with Crippen LogP contribution in [0.1, 0.15) is 16.0 Å². The number of halogens is 3. The first-order valence-electron chi connectivity index (χ1n) is 5.72. The van der Waals surface area contributed by atoms with Crippen molar-refractivity contribution < 1.29 is 0 Å². The Morgan fingerprint density at radius 2 is 1.79 bits per heavy atom. The Balaban J connectivity index is 2.15. The SMILES string of the molecule is Brc1cccc2c(C(Br)c3ccccc3I)csc12. The van der Waals surface area contributed by atoms with Crippen LogP contribution in [0.15, 0.2) is 52.3 Å². The molecule has 0 amide bonds. The minimum absolute atomic E-state index is 0.239. The van der Waals surface area contributed by atoms with E-state index in [0.717, 1.165) is 0 Å². The van der Waals surface area contributed by atoms with Gasteiger partial charge in [0.15, 0.2) is 0 Å². The Labute approximate surface area is 146 Å². The van der Waals surface area contributed by atoms with E-state index >= 15 is 0 Å². The van der Waals surface area contributed by atoms with E-state index in [9.17, 15) is 0 Å². The van der Waals surface area contributed by atoms with Gasteiger partial charge in [0.25, 0.3) is 0 Å². The number of thiophene rings is 1. The average Bonchev–Trinajstić information content (AvgIpc) is 2.84. The third-order valence-electron chi connectivity index (χ3n) is 3.03. The van der Waals surface area contributed by atoms with Gasteiger partial charge in [-0.2, -0.15) is 0 Å². The van der Waals surface area contributed by atoms with Crippen LogP contribution in [0.25, 0.3) is 10.1 Å². The highest BCUT2D eigenvalue weighted by atomic mass is 127. The highest BCUT2D eigenvalue weighted by Gasteiger charge is 2.17. The van der Waals surface area contributed by atoms with Gasteiger partial charge in [0.1, 0.15) is 0 Å². The minimum Gasteiger partial charge on any atom is -0.142 e. The third kappa shape index (κ3) is 2.64. The first-order valence-corrected chi connectivity index (χ1v) is 9.39. The zero-order valence-electron chi connectivity index (χ0n) is 9.74. The summed E-state index contributed by atoms with van der Waals surface area (Å²) in [5, 5.41) is 3.57. The summed E-state index contributed by atoms with van der Waals surface area (Å²) in [6, 6.07) is 14.9. The molecule has 0 aliphatic carbocycles. The Hall–Kier alpha value is 0.0900. The van der Waals surface area contributed by atoms with Crippen LogP contribution in [-0.2, 0) is 0 Å². The summed E-state index contributed by atoms with van der Waals surface area (Å²) < 4.78 is 3.77. The Morgan fingerprint density at radius 1 is 1.00 bits per heavy atom. The zero-order valence-corrected chi connectivity index (χ0v) is 15.9. The number of benzene rings is 2. The summed E-state index contributed by atoms with van der Waals surface area (Å²) in [5.41, 5.74) is 2.66. The van der Waals surface area contributed by atoms with Gasteiger partial charge < -0.3 is 0 Å². The van der Waals surface area contributed by atoms with Gasteiger partial charge in [-0.3, -0.25) is 0 Å². The highest BCUT2D eigenvalue weighted by Crippen LogP contribution is 2.41. The number of hydrogen-bond acceptors (Lipinski definition) is 1. The van der Waals surface area contributed by atoms with Crippen LogP contribution in [0.5, 0.6) is 0 Å². The molecular weight excluding hydrogens is 499 g/mol. The molecule has 96 valence electrons. The summed E-state index contributed by atoms with van der Waals surface area (Å²) in [6.07, 6.45) is 0. The fraction of sp³-hybridized carbons (Fsp3) is 0.0667. The normalized spacial score (nSPS) is 12.8. The molecule has 0 spiro atoms. The lowest BCUT2D eigenvalue weighted by Crippen LogP contribution is -1.94. The first kappa shape index (κ1) is 14.0. The second kappa shape index (κ2) is 5.84. The molecule has 19 heavy (non-hydrogen) atoms. The predicted octanol–water partition coefficient (Wildman–Crippen LogP) is 6.75. The largest absolute Gasteiger partial charge is 0.142 e.